The number of hydrogen-bond acceptors (Lipinski definition) is 5. The third-order valence-corrected chi connectivity index (χ3v) is 6.88. The van der Waals surface area contributed by atoms with Crippen molar-refractivity contribution in [1.82, 2.24) is 9.80 Å². The van der Waals surface area contributed by atoms with Gasteiger partial charge in [-0.25, -0.2) is 4.79 Å². The van der Waals surface area contributed by atoms with E-state index in [9.17, 15) is 9.59 Å². The highest BCUT2D eigenvalue weighted by atomic mass is 32.1. The van der Waals surface area contributed by atoms with Gasteiger partial charge in [-0.05, 0) is 64.9 Å². The molecule has 1 atom stereocenters. The van der Waals surface area contributed by atoms with Crippen LogP contribution in [0.15, 0.2) is 24.3 Å². The summed E-state index contributed by atoms with van der Waals surface area (Å²) in [5.41, 5.74) is 1.80. The van der Waals surface area contributed by atoms with Crippen LogP contribution in [-0.2, 0) is 20.8 Å². The zero-order chi connectivity index (χ0) is 23.3. The molecule has 32 heavy (non-hydrogen) atoms. The van der Waals surface area contributed by atoms with E-state index >= 15 is 0 Å². The predicted octanol–water partition coefficient (Wildman–Crippen LogP) is 4.45. The minimum Gasteiger partial charge on any atom is -0.444 e. The highest BCUT2D eigenvalue weighted by molar-refractivity contribution is 7.81. The SMILES string of the molecule is Cc1cccc(CN(C(=O)C(S)C2CCOCC2)C2CCN(C(=O)OC(C)(C)C)CC2)c1. The molecule has 2 fully saturated rings. The molecule has 0 N–H and O–H groups in total. The van der Waals surface area contributed by atoms with Crippen LogP contribution in [-0.4, -0.2) is 65.0 Å². The summed E-state index contributed by atoms with van der Waals surface area (Å²) in [6, 6.07) is 8.40. The summed E-state index contributed by atoms with van der Waals surface area (Å²) in [5, 5.41) is -0.326. The molecule has 2 heterocycles. The van der Waals surface area contributed by atoms with E-state index in [-0.39, 0.29) is 29.2 Å². The number of thiol groups is 1. The molecule has 0 aliphatic carbocycles. The van der Waals surface area contributed by atoms with Gasteiger partial charge in [0.15, 0.2) is 0 Å². The maximum atomic E-state index is 13.6. The molecular weight excluding hydrogens is 424 g/mol. The molecular formula is C25H38N2O4S. The lowest BCUT2D eigenvalue weighted by Gasteiger charge is -2.41. The zero-order valence-electron chi connectivity index (χ0n) is 19.9. The Morgan fingerprint density at radius 3 is 2.44 bits per heavy atom. The lowest BCUT2D eigenvalue weighted by Crippen LogP contribution is -2.52. The fourth-order valence-electron chi connectivity index (χ4n) is 4.48. The lowest BCUT2D eigenvalue weighted by atomic mass is 9.93. The number of ether oxygens (including phenoxy) is 2. The van der Waals surface area contributed by atoms with E-state index in [1.54, 1.807) is 4.90 Å². The smallest absolute Gasteiger partial charge is 0.410 e. The van der Waals surface area contributed by atoms with Gasteiger partial charge in [0.2, 0.25) is 5.91 Å². The molecule has 1 aromatic rings. The van der Waals surface area contributed by atoms with Crippen molar-refractivity contribution in [3.05, 3.63) is 35.4 Å². The summed E-state index contributed by atoms with van der Waals surface area (Å²) in [5.74, 6) is 0.332. The summed E-state index contributed by atoms with van der Waals surface area (Å²) in [7, 11) is 0. The Morgan fingerprint density at radius 1 is 1.19 bits per heavy atom. The first-order valence-corrected chi connectivity index (χ1v) is 12.3. The third kappa shape index (κ3) is 6.88. The van der Waals surface area contributed by atoms with Gasteiger partial charge in [-0.3, -0.25) is 4.79 Å². The van der Waals surface area contributed by atoms with Crippen LogP contribution >= 0.6 is 12.6 Å². The molecule has 0 radical (unpaired) electrons. The molecule has 1 aromatic carbocycles. The summed E-state index contributed by atoms with van der Waals surface area (Å²) in [6.45, 7) is 10.8. The van der Waals surface area contributed by atoms with Crippen LogP contribution in [0.3, 0.4) is 0 Å². The number of piperidine rings is 1. The van der Waals surface area contributed by atoms with Gasteiger partial charge >= 0.3 is 6.09 Å². The molecule has 3 rings (SSSR count). The first-order chi connectivity index (χ1) is 15.1. The number of carbonyl (C=O) groups excluding carboxylic acids is 2. The third-order valence-electron chi connectivity index (χ3n) is 6.24. The number of carbonyl (C=O) groups is 2. The number of amides is 2. The first kappa shape index (κ1) is 24.9. The minimum atomic E-state index is -0.510. The van der Waals surface area contributed by atoms with Crippen LogP contribution in [0.25, 0.3) is 0 Å². The van der Waals surface area contributed by atoms with Crippen molar-refractivity contribution < 1.29 is 19.1 Å². The van der Waals surface area contributed by atoms with E-state index in [1.165, 1.54) is 5.56 Å². The van der Waals surface area contributed by atoms with Crippen LogP contribution in [0, 0.1) is 12.8 Å². The lowest BCUT2D eigenvalue weighted by molar-refractivity contribution is -0.136. The number of rotatable bonds is 5. The second-order valence-corrected chi connectivity index (χ2v) is 10.6. The van der Waals surface area contributed by atoms with E-state index in [0.29, 0.717) is 32.8 Å². The Kier molecular flexibility index (Phi) is 8.50. The van der Waals surface area contributed by atoms with Crippen molar-refractivity contribution in [2.45, 2.75) is 76.8 Å². The minimum absolute atomic E-state index is 0.0798. The highest BCUT2D eigenvalue weighted by Gasteiger charge is 2.36. The van der Waals surface area contributed by atoms with E-state index in [4.69, 9.17) is 22.1 Å². The topological polar surface area (TPSA) is 59.1 Å². The average Bonchev–Trinajstić information content (AvgIpc) is 2.76. The van der Waals surface area contributed by atoms with Gasteiger partial charge in [-0.2, -0.15) is 12.6 Å². The second kappa shape index (κ2) is 10.9. The first-order valence-electron chi connectivity index (χ1n) is 11.7. The Morgan fingerprint density at radius 2 is 1.84 bits per heavy atom. The molecule has 0 bridgehead atoms. The molecule has 7 heteroatoms. The van der Waals surface area contributed by atoms with Crippen LogP contribution < -0.4 is 0 Å². The van der Waals surface area contributed by atoms with E-state index in [0.717, 1.165) is 31.2 Å². The largest absolute Gasteiger partial charge is 0.444 e. The van der Waals surface area contributed by atoms with Gasteiger partial charge < -0.3 is 19.3 Å². The average molecular weight is 463 g/mol. The van der Waals surface area contributed by atoms with Crippen molar-refractivity contribution in [2.75, 3.05) is 26.3 Å². The van der Waals surface area contributed by atoms with Crippen LogP contribution in [0.4, 0.5) is 4.79 Å². The molecule has 2 saturated heterocycles. The van der Waals surface area contributed by atoms with Gasteiger partial charge in [0.05, 0.1) is 5.25 Å². The molecule has 1 unspecified atom stereocenters. The normalized spacial score (nSPS) is 19.5. The summed E-state index contributed by atoms with van der Waals surface area (Å²) >= 11 is 4.78. The summed E-state index contributed by atoms with van der Waals surface area (Å²) < 4.78 is 11.0. The number of benzene rings is 1. The zero-order valence-corrected chi connectivity index (χ0v) is 20.8. The van der Waals surface area contributed by atoms with E-state index in [2.05, 4.69) is 25.1 Å². The monoisotopic (exact) mass is 462 g/mol. The predicted molar refractivity (Wildman–Crippen MR) is 129 cm³/mol. The molecule has 178 valence electrons. The van der Waals surface area contributed by atoms with Crippen LogP contribution in [0.1, 0.15) is 57.6 Å². The Labute approximate surface area is 198 Å². The fraction of sp³-hybridized carbons (Fsp3) is 0.680. The Bertz CT molecular complexity index is 780. The molecule has 6 nitrogen and oxygen atoms in total. The van der Waals surface area contributed by atoms with Crippen molar-refractivity contribution in [3.8, 4) is 0 Å². The molecule has 0 saturated carbocycles. The molecule has 2 aliphatic rings. The standard InChI is InChI=1S/C25H38N2O4S/c1-18-6-5-7-19(16-18)17-27(23(28)22(32)20-10-14-30-15-11-20)21-8-12-26(13-9-21)24(29)31-25(2,3)4/h5-7,16,20-22,32H,8-15,17H2,1-4H3. The fourth-order valence-corrected chi connectivity index (χ4v) is 4.93. The summed E-state index contributed by atoms with van der Waals surface area (Å²) in [6.07, 6.45) is 2.95. The van der Waals surface area contributed by atoms with Crippen molar-refractivity contribution >= 4 is 24.6 Å². The van der Waals surface area contributed by atoms with Gasteiger partial charge in [0.25, 0.3) is 0 Å². The van der Waals surface area contributed by atoms with E-state index < -0.39 is 5.60 Å². The maximum Gasteiger partial charge on any atom is 0.410 e. The molecule has 2 amide bonds. The number of nitrogens with zero attached hydrogens (tertiary/aromatic N) is 2. The Hall–Kier alpha value is -1.73. The number of aryl methyl sites for hydroxylation is 1. The van der Waals surface area contributed by atoms with Gasteiger partial charge in [-0.1, -0.05) is 29.8 Å². The molecule has 0 aromatic heterocycles. The highest BCUT2D eigenvalue weighted by Crippen LogP contribution is 2.28. The number of likely N-dealkylation sites (tertiary alicyclic amines) is 1. The van der Waals surface area contributed by atoms with Crippen LogP contribution in [0.2, 0.25) is 0 Å². The number of hydrogen-bond donors (Lipinski definition) is 1. The van der Waals surface area contributed by atoms with Crippen molar-refractivity contribution in [2.24, 2.45) is 5.92 Å². The van der Waals surface area contributed by atoms with Crippen molar-refractivity contribution in [3.63, 3.8) is 0 Å². The molecule has 0 spiro atoms. The van der Waals surface area contributed by atoms with Gasteiger partial charge in [0.1, 0.15) is 5.60 Å². The van der Waals surface area contributed by atoms with E-state index in [1.807, 2.05) is 31.7 Å². The maximum absolute atomic E-state index is 13.6. The molecule has 2 aliphatic heterocycles. The van der Waals surface area contributed by atoms with Crippen LogP contribution in [0.5, 0.6) is 0 Å². The van der Waals surface area contributed by atoms with Gasteiger partial charge in [-0.15, -0.1) is 0 Å². The second-order valence-electron chi connectivity index (χ2n) is 10.0. The van der Waals surface area contributed by atoms with Gasteiger partial charge in [0, 0.05) is 38.9 Å². The quantitative estimate of drug-likeness (QED) is 0.657. The van der Waals surface area contributed by atoms with Crippen molar-refractivity contribution in [1.29, 1.82) is 0 Å². The Balaban J connectivity index is 1.71. The summed E-state index contributed by atoms with van der Waals surface area (Å²) in [4.78, 5) is 29.9.